The topological polar surface area (TPSA) is 102 Å². The second-order valence-electron chi connectivity index (χ2n) is 4.26. The molecule has 0 atom stereocenters. The lowest BCUT2D eigenvalue weighted by atomic mass is 10.2. The summed E-state index contributed by atoms with van der Waals surface area (Å²) < 4.78 is 30.8. The van der Waals surface area contributed by atoms with Gasteiger partial charge >= 0.3 is 5.69 Å². The molecule has 0 aliphatic carbocycles. The molecule has 0 aliphatic heterocycles. The van der Waals surface area contributed by atoms with Crippen LogP contribution in [0.3, 0.4) is 0 Å². The fraction of sp³-hybridized carbons (Fsp3) is 0.500. The third-order valence-electron chi connectivity index (χ3n) is 2.85. The third kappa shape index (κ3) is 3.90. The lowest BCUT2D eigenvalue weighted by molar-refractivity contribution is -0.386. The van der Waals surface area contributed by atoms with Crippen molar-refractivity contribution in [1.29, 1.82) is 0 Å². The highest BCUT2D eigenvalue weighted by molar-refractivity contribution is 7.89. The monoisotopic (exact) mass is 317 g/mol. The van der Waals surface area contributed by atoms with E-state index in [-0.39, 0.29) is 23.7 Å². The van der Waals surface area contributed by atoms with Crippen LogP contribution < -0.4 is 5.32 Å². The molecule has 1 aromatic rings. The zero-order chi connectivity index (χ0) is 16.0. The molecular formula is C12H19N3O5S. The van der Waals surface area contributed by atoms with Gasteiger partial charge in [0.05, 0.1) is 11.5 Å². The van der Waals surface area contributed by atoms with Crippen LogP contribution in [0.15, 0.2) is 23.1 Å². The highest BCUT2D eigenvalue weighted by atomic mass is 32.2. The van der Waals surface area contributed by atoms with Crippen LogP contribution in [-0.2, 0) is 14.8 Å². The van der Waals surface area contributed by atoms with Crippen LogP contribution >= 0.6 is 0 Å². The van der Waals surface area contributed by atoms with Crippen molar-refractivity contribution < 1.29 is 18.1 Å². The van der Waals surface area contributed by atoms with Gasteiger partial charge < -0.3 is 10.1 Å². The minimum atomic E-state index is -3.96. The fourth-order valence-electron chi connectivity index (χ4n) is 1.76. The average molecular weight is 317 g/mol. The highest BCUT2D eigenvalue weighted by Gasteiger charge is 2.31. The van der Waals surface area contributed by atoms with Crippen LogP contribution in [0.2, 0.25) is 0 Å². The smallest absolute Gasteiger partial charge is 0.312 e. The van der Waals surface area contributed by atoms with Crippen molar-refractivity contribution in [1.82, 2.24) is 4.31 Å². The van der Waals surface area contributed by atoms with Gasteiger partial charge in [-0.1, -0.05) is 6.07 Å². The van der Waals surface area contributed by atoms with E-state index in [0.717, 1.165) is 4.31 Å². The standard InChI is InChI=1S/C12H19N3O5S/c1-4-13-10-6-5-7-11(12(10)15(16)17)21(18,19)14(2)8-9-20-3/h5-7,13H,4,8-9H2,1-3H3. The molecule has 0 saturated carbocycles. The molecule has 0 radical (unpaired) electrons. The maximum atomic E-state index is 12.5. The van der Waals surface area contributed by atoms with E-state index in [1.54, 1.807) is 6.92 Å². The summed E-state index contributed by atoms with van der Waals surface area (Å²) in [4.78, 5) is 10.2. The van der Waals surface area contributed by atoms with Gasteiger partial charge in [-0.05, 0) is 19.1 Å². The summed E-state index contributed by atoms with van der Waals surface area (Å²) in [5.41, 5.74) is -0.257. The molecule has 118 valence electrons. The predicted octanol–water partition coefficient (Wildman–Crippen LogP) is 1.29. The Morgan fingerprint density at radius 3 is 2.62 bits per heavy atom. The number of sulfonamides is 1. The number of rotatable bonds is 8. The largest absolute Gasteiger partial charge is 0.383 e. The van der Waals surface area contributed by atoms with Crippen LogP contribution in [0.25, 0.3) is 0 Å². The number of ether oxygens (including phenoxy) is 1. The molecule has 0 spiro atoms. The molecule has 8 nitrogen and oxygen atoms in total. The third-order valence-corrected chi connectivity index (χ3v) is 4.74. The summed E-state index contributed by atoms with van der Waals surface area (Å²) >= 11 is 0. The number of likely N-dealkylation sites (N-methyl/N-ethyl adjacent to an activating group) is 1. The van der Waals surface area contributed by atoms with Crippen LogP contribution in [0.5, 0.6) is 0 Å². The number of nitro benzene ring substituents is 1. The van der Waals surface area contributed by atoms with Gasteiger partial charge in [-0.25, -0.2) is 8.42 Å². The molecule has 0 unspecified atom stereocenters. The molecule has 1 N–H and O–H groups in total. The molecule has 9 heteroatoms. The first kappa shape index (κ1) is 17.3. The van der Waals surface area contributed by atoms with E-state index in [0.29, 0.717) is 6.54 Å². The summed E-state index contributed by atoms with van der Waals surface area (Å²) in [7, 11) is -1.14. The maximum absolute atomic E-state index is 12.5. The van der Waals surface area contributed by atoms with Gasteiger partial charge in [0.15, 0.2) is 4.90 Å². The first-order valence-electron chi connectivity index (χ1n) is 6.32. The first-order chi connectivity index (χ1) is 9.86. The quantitative estimate of drug-likeness (QED) is 0.572. The minimum absolute atomic E-state index is 0.113. The number of benzene rings is 1. The van der Waals surface area contributed by atoms with E-state index >= 15 is 0 Å². The van der Waals surface area contributed by atoms with E-state index in [1.807, 2.05) is 0 Å². The zero-order valence-electron chi connectivity index (χ0n) is 12.2. The molecule has 0 bridgehead atoms. The second kappa shape index (κ2) is 7.34. The Labute approximate surface area is 123 Å². The van der Waals surface area contributed by atoms with Crippen molar-refractivity contribution in [2.45, 2.75) is 11.8 Å². The van der Waals surface area contributed by atoms with E-state index in [2.05, 4.69) is 5.32 Å². The summed E-state index contributed by atoms with van der Waals surface area (Å²) in [5, 5.41) is 14.1. The summed E-state index contributed by atoms with van der Waals surface area (Å²) in [5.74, 6) is 0. The van der Waals surface area contributed by atoms with Crippen molar-refractivity contribution in [3.63, 3.8) is 0 Å². The van der Waals surface area contributed by atoms with E-state index in [4.69, 9.17) is 4.74 Å². The Morgan fingerprint density at radius 2 is 2.10 bits per heavy atom. The van der Waals surface area contributed by atoms with Gasteiger partial charge in [0.2, 0.25) is 10.0 Å². The summed E-state index contributed by atoms with van der Waals surface area (Å²) in [6.07, 6.45) is 0. The van der Waals surface area contributed by atoms with Gasteiger partial charge in [-0.2, -0.15) is 4.31 Å². The Balaban J connectivity index is 3.35. The van der Waals surface area contributed by atoms with Crippen LogP contribution in [0.4, 0.5) is 11.4 Å². The van der Waals surface area contributed by atoms with Crippen LogP contribution in [-0.4, -0.2) is 51.5 Å². The molecule has 1 aromatic carbocycles. The van der Waals surface area contributed by atoms with Crippen LogP contribution in [0.1, 0.15) is 6.92 Å². The number of hydrogen-bond acceptors (Lipinski definition) is 6. The van der Waals surface area contributed by atoms with Crippen molar-refractivity contribution in [3.8, 4) is 0 Å². The van der Waals surface area contributed by atoms with Crippen molar-refractivity contribution >= 4 is 21.4 Å². The molecule has 0 heterocycles. The normalized spacial score (nSPS) is 11.6. The van der Waals surface area contributed by atoms with Gasteiger partial charge in [0, 0.05) is 27.2 Å². The highest BCUT2D eigenvalue weighted by Crippen LogP contribution is 2.33. The number of nitrogens with zero attached hydrogens (tertiary/aromatic N) is 2. The maximum Gasteiger partial charge on any atom is 0.312 e. The number of methoxy groups -OCH3 is 1. The average Bonchev–Trinajstić information content (AvgIpc) is 2.44. The summed E-state index contributed by atoms with van der Waals surface area (Å²) in [6.45, 7) is 2.54. The number of anilines is 1. The zero-order valence-corrected chi connectivity index (χ0v) is 13.0. The number of para-hydroxylation sites is 1. The lowest BCUT2D eigenvalue weighted by Crippen LogP contribution is -2.30. The van der Waals surface area contributed by atoms with Crippen LogP contribution in [0, 0.1) is 10.1 Å². The van der Waals surface area contributed by atoms with E-state index in [1.165, 1.54) is 32.4 Å². The molecule has 1 rings (SSSR count). The van der Waals surface area contributed by atoms with E-state index < -0.39 is 20.6 Å². The number of nitro groups is 1. The Kier molecular flexibility index (Phi) is 6.06. The Morgan fingerprint density at radius 1 is 1.43 bits per heavy atom. The van der Waals surface area contributed by atoms with Gasteiger partial charge in [0.1, 0.15) is 5.69 Å². The fourth-order valence-corrected chi connectivity index (χ4v) is 3.09. The molecule has 21 heavy (non-hydrogen) atoms. The number of hydrogen-bond donors (Lipinski definition) is 1. The Bertz CT molecular complexity index is 603. The molecule has 0 aliphatic rings. The molecule has 0 saturated heterocycles. The molecule has 0 amide bonds. The molecule has 0 fully saturated rings. The SMILES string of the molecule is CCNc1cccc(S(=O)(=O)N(C)CCOC)c1[N+](=O)[O-]. The Hall–Kier alpha value is -1.71. The minimum Gasteiger partial charge on any atom is -0.383 e. The first-order valence-corrected chi connectivity index (χ1v) is 7.76. The van der Waals surface area contributed by atoms with Crippen molar-refractivity contribution in [3.05, 3.63) is 28.3 Å². The van der Waals surface area contributed by atoms with Gasteiger partial charge in [0.25, 0.3) is 0 Å². The second-order valence-corrected chi connectivity index (χ2v) is 6.27. The van der Waals surface area contributed by atoms with E-state index in [9.17, 15) is 18.5 Å². The number of nitrogens with one attached hydrogen (secondary N) is 1. The van der Waals surface area contributed by atoms with Gasteiger partial charge in [-0.15, -0.1) is 0 Å². The van der Waals surface area contributed by atoms with Crippen molar-refractivity contribution in [2.75, 3.05) is 39.2 Å². The molecular weight excluding hydrogens is 298 g/mol. The lowest BCUT2D eigenvalue weighted by Gasteiger charge is -2.17. The van der Waals surface area contributed by atoms with Crippen molar-refractivity contribution in [2.24, 2.45) is 0 Å². The predicted molar refractivity (Wildman–Crippen MR) is 79.0 cm³/mol. The van der Waals surface area contributed by atoms with Gasteiger partial charge in [-0.3, -0.25) is 10.1 Å². The summed E-state index contributed by atoms with van der Waals surface area (Å²) in [6, 6.07) is 4.19. The molecule has 0 aromatic heterocycles.